The van der Waals surface area contributed by atoms with Gasteiger partial charge in [0.1, 0.15) is 4.88 Å². The molecule has 1 amide bonds. The topological polar surface area (TPSA) is 45.7 Å². The number of nitrogens with zero attached hydrogens (tertiary/aromatic N) is 3. The molecule has 0 saturated carbocycles. The lowest BCUT2D eigenvalue weighted by atomic mass is 10.1. The van der Waals surface area contributed by atoms with Crippen LogP contribution in [-0.2, 0) is 4.74 Å². The Morgan fingerprint density at radius 1 is 1.12 bits per heavy atom. The average Bonchev–Trinajstić information content (AvgIpc) is 3.41. The number of carbonyl (C=O) groups is 1. The van der Waals surface area contributed by atoms with Crippen molar-refractivity contribution in [2.45, 2.75) is 20.3 Å². The van der Waals surface area contributed by atoms with Crippen LogP contribution in [0.25, 0.3) is 20.3 Å². The van der Waals surface area contributed by atoms with E-state index in [1.807, 2.05) is 29.2 Å². The van der Waals surface area contributed by atoms with E-state index in [1.54, 1.807) is 11.3 Å². The van der Waals surface area contributed by atoms with Gasteiger partial charge in [-0.05, 0) is 43.5 Å². The molecule has 0 aliphatic carbocycles. The fourth-order valence-corrected chi connectivity index (χ4v) is 6.68. The maximum absolute atomic E-state index is 13.8. The minimum absolute atomic E-state index is 0.0726. The third kappa shape index (κ3) is 4.53. The predicted molar refractivity (Wildman–Crippen MR) is 139 cm³/mol. The van der Waals surface area contributed by atoms with E-state index in [0.717, 1.165) is 70.3 Å². The molecule has 8 heteroatoms. The lowest BCUT2D eigenvalue weighted by Gasteiger charge is -2.27. The third-order valence-electron chi connectivity index (χ3n) is 6.24. The Morgan fingerprint density at radius 2 is 1.91 bits per heavy atom. The van der Waals surface area contributed by atoms with Gasteiger partial charge >= 0.3 is 0 Å². The van der Waals surface area contributed by atoms with E-state index >= 15 is 0 Å². The standard InChI is InChI=1S/C25H26ClN3O2S2/c1-16-8-9-20-22(17(16)2)27-25(33-20)29(11-5-10-28-12-14-31-15-13-28)24(30)23-21(26)18-6-3-4-7-19(18)32-23/h3-4,6-9H,5,10-15H2,1-2H3. The first-order valence-corrected chi connectivity index (χ1v) is 13.2. The maximum Gasteiger partial charge on any atom is 0.271 e. The van der Waals surface area contributed by atoms with Gasteiger partial charge in [0.15, 0.2) is 5.13 Å². The summed E-state index contributed by atoms with van der Waals surface area (Å²) in [6.45, 7) is 9.14. The molecule has 1 saturated heterocycles. The number of aryl methyl sites for hydroxylation is 2. The van der Waals surface area contributed by atoms with Crippen molar-refractivity contribution in [3.63, 3.8) is 0 Å². The molecule has 2 aromatic carbocycles. The Balaban J connectivity index is 1.48. The molecule has 2 aromatic heterocycles. The van der Waals surface area contributed by atoms with Crippen LogP contribution in [0.2, 0.25) is 5.02 Å². The number of amides is 1. The maximum atomic E-state index is 13.8. The van der Waals surface area contributed by atoms with Gasteiger partial charge in [0.25, 0.3) is 5.91 Å². The number of benzene rings is 2. The number of thiazole rings is 1. The van der Waals surface area contributed by atoms with Gasteiger partial charge in [-0.15, -0.1) is 11.3 Å². The van der Waals surface area contributed by atoms with Crippen molar-refractivity contribution >= 4 is 65.6 Å². The van der Waals surface area contributed by atoms with E-state index in [0.29, 0.717) is 16.4 Å². The van der Waals surface area contributed by atoms with Crippen molar-refractivity contribution in [3.8, 4) is 0 Å². The van der Waals surface area contributed by atoms with Gasteiger partial charge in [0.2, 0.25) is 0 Å². The Kier molecular flexibility index (Phi) is 6.67. The molecule has 1 fully saturated rings. The highest BCUT2D eigenvalue weighted by atomic mass is 35.5. The van der Waals surface area contributed by atoms with Crippen LogP contribution in [0.1, 0.15) is 27.2 Å². The lowest BCUT2D eigenvalue weighted by molar-refractivity contribution is 0.0376. The van der Waals surface area contributed by atoms with Crippen molar-refractivity contribution in [1.82, 2.24) is 9.88 Å². The normalized spacial score (nSPS) is 14.9. The van der Waals surface area contributed by atoms with Crippen LogP contribution in [0.15, 0.2) is 36.4 Å². The minimum Gasteiger partial charge on any atom is -0.379 e. The lowest BCUT2D eigenvalue weighted by Crippen LogP contribution is -2.39. The third-order valence-corrected chi connectivity index (χ3v) is 8.95. The van der Waals surface area contributed by atoms with Crippen molar-refractivity contribution in [2.75, 3.05) is 44.3 Å². The number of aromatic nitrogens is 1. The van der Waals surface area contributed by atoms with Crippen LogP contribution < -0.4 is 4.90 Å². The summed E-state index contributed by atoms with van der Waals surface area (Å²) in [5.74, 6) is -0.0726. The highest BCUT2D eigenvalue weighted by molar-refractivity contribution is 7.23. The monoisotopic (exact) mass is 499 g/mol. The number of morpholine rings is 1. The van der Waals surface area contributed by atoms with E-state index in [2.05, 4.69) is 30.9 Å². The average molecular weight is 500 g/mol. The van der Waals surface area contributed by atoms with Gasteiger partial charge in [-0.3, -0.25) is 14.6 Å². The number of fused-ring (bicyclic) bond motifs is 2. The summed E-state index contributed by atoms with van der Waals surface area (Å²) in [7, 11) is 0. The summed E-state index contributed by atoms with van der Waals surface area (Å²) >= 11 is 9.72. The van der Waals surface area contributed by atoms with E-state index in [1.165, 1.54) is 16.9 Å². The van der Waals surface area contributed by atoms with Crippen LogP contribution >= 0.6 is 34.3 Å². The van der Waals surface area contributed by atoms with E-state index in [9.17, 15) is 4.79 Å². The molecule has 5 rings (SSSR count). The molecule has 0 radical (unpaired) electrons. The van der Waals surface area contributed by atoms with Gasteiger partial charge in [0, 0.05) is 36.3 Å². The number of anilines is 1. The van der Waals surface area contributed by atoms with Crippen LogP contribution in [0, 0.1) is 13.8 Å². The zero-order valence-electron chi connectivity index (χ0n) is 18.8. The first-order valence-electron chi connectivity index (χ1n) is 11.2. The van der Waals surface area contributed by atoms with Crippen LogP contribution in [0.3, 0.4) is 0 Å². The smallest absolute Gasteiger partial charge is 0.271 e. The molecule has 5 nitrogen and oxygen atoms in total. The van der Waals surface area contributed by atoms with Crippen molar-refractivity contribution in [1.29, 1.82) is 0 Å². The summed E-state index contributed by atoms with van der Waals surface area (Å²) < 4.78 is 7.58. The minimum atomic E-state index is -0.0726. The number of hydrogen-bond donors (Lipinski definition) is 0. The molecule has 0 bridgehead atoms. The molecule has 0 atom stereocenters. The van der Waals surface area contributed by atoms with E-state index in [-0.39, 0.29) is 5.91 Å². The fraction of sp³-hybridized carbons (Fsp3) is 0.360. The van der Waals surface area contributed by atoms with Crippen molar-refractivity contribution < 1.29 is 9.53 Å². The molecule has 0 unspecified atom stereocenters. The molecular weight excluding hydrogens is 474 g/mol. The van der Waals surface area contributed by atoms with Gasteiger partial charge in [-0.2, -0.15) is 0 Å². The Bertz CT molecular complexity index is 1310. The molecule has 172 valence electrons. The molecule has 33 heavy (non-hydrogen) atoms. The van der Waals surface area contributed by atoms with E-state index < -0.39 is 0 Å². The number of ether oxygens (including phenoxy) is 1. The van der Waals surface area contributed by atoms with Gasteiger partial charge in [-0.1, -0.05) is 47.2 Å². The second-order valence-electron chi connectivity index (χ2n) is 8.36. The first kappa shape index (κ1) is 22.7. The van der Waals surface area contributed by atoms with Gasteiger partial charge in [0.05, 0.1) is 28.5 Å². The zero-order chi connectivity index (χ0) is 22.9. The SMILES string of the molecule is Cc1ccc2sc(N(CCCN3CCOCC3)C(=O)c3sc4ccccc4c3Cl)nc2c1C. The number of rotatable bonds is 6. The fourth-order valence-electron chi connectivity index (χ4n) is 4.17. The molecule has 1 aliphatic rings. The molecular formula is C25H26ClN3O2S2. The van der Waals surface area contributed by atoms with E-state index in [4.69, 9.17) is 21.3 Å². The molecule has 3 heterocycles. The highest BCUT2D eigenvalue weighted by Crippen LogP contribution is 2.38. The predicted octanol–water partition coefficient (Wildman–Crippen LogP) is 6.15. The Hall–Kier alpha value is -2.03. The number of hydrogen-bond acceptors (Lipinski definition) is 6. The number of thiophene rings is 1. The van der Waals surface area contributed by atoms with Crippen LogP contribution in [0.5, 0.6) is 0 Å². The van der Waals surface area contributed by atoms with Crippen LogP contribution in [-0.4, -0.2) is 55.2 Å². The summed E-state index contributed by atoms with van der Waals surface area (Å²) in [4.78, 5) is 23.6. The first-order chi connectivity index (χ1) is 16.0. The molecule has 4 aromatic rings. The number of halogens is 1. The van der Waals surface area contributed by atoms with Crippen LogP contribution in [0.4, 0.5) is 5.13 Å². The highest BCUT2D eigenvalue weighted by Gasteiger charge is 2.26. The molecule has 0 spiro atoms. The quantitative estimate of drug-likeness (QED) is 0.319. The second kappa shape index (κ2) is 9.68. The molecule has 1 aliphatic heterocycles. The van der Waals surface area contributed by atoms with Gasteiger partial charge < -0.3 is 4.74 Å². The molecule has 0 N–H and O–H groups in total. The Morgan fingerprint density at radius 3 is 2.70 bits per heavy atom. The largest absolute Gasteiger partial charge is 0.379 e. The van der Waals surface area contributed by atoms with Gasteiger partial charge in [-0.25, -0.2) is 4.98 Å². The Labute approximate surface area is 206 Å². The second-order valence-corrected chi connectivity index (χ2v) is 10.8. The summed E-state index contributed by atoms with van der Waals surface area (Å²) in [5.41, 5.74) is 3.34. The summed E-state index contributed by atoms with van der Waals surface area (Å²) in [5, 5.41) is 2.20. The summed E-state index contributed by atoms with van der Waals surface area (Å²) in [6, 6.07) is 12.1. The number of carbonyl (C=O) groups excluding carboxylic acids is 1. The zero-order valence-corrected chi connectivity index (χ0v) is 21.2. The summed E-state index contributed by atoms with van der Waals surface area (Å²) in [6.07, 6.45) is 0.863. The van der Waals surface area contributed by atoms with Crippen molar-refractivity contribution in [3.05, 3.63) is 57.4 Å². The van der Waals surface area contributed by atoms with Crippen molar-refractivity contribution in [2.24, 2.45) is 0 Å².